The van der Waals surface area contributed by atoms with Crippen molar-refractivity contribution in [3.63, 3.8) is 0 Å². The van der Waals surface area contributed by atoms with Crippen LogP contribution in [-0.2, 0) is 4.74 Å². The molecule has 0 aliphatic rings. The summed E-state index contributed by atoms with van der Waals surface area (Å²) in [5.74, 6) is 6.28. The van der Waals surface area contributed by atoms with E-state index in [-0.39, 0.29) is 17.9 Å². The van der Waals surface area contributed by atoms with Gasteiger partial charge in [0, 0.05) is 28.9 Å². The highest BCUT2D eigenvalue weighted by Gasteiger charge is 2.16. The highest BCUT2D eigenvalue weighted by Crippen LogP contribution is 2.30. The third kappa shape index (κ3) is 3.31. The van der Waals surface area contributed by atoms with E-state index >= 15 is 0 Å². The number of benzene rings is 1. The summed E-state index contributed by atoms with van der Waals surface area (Å²) in [6.07, 6.45) is 2.31. The smallest absolute Gasteiger partial charge is 0.434 e. The van der Waals surface area contributed by atoms with Crippen molar-refractivity contribution < 1.29 is 14.3 Å². The first kappa shape index (κ1) is 17.4. The molecule has 7 heteroatoms. The van der Waals surface area contributed by atoms with Gasteiger partial charge in [0.1, 0.15) is 11.2 Å². The van der Waals surface area contributed by atoms with Crippen molar-refractivity contribution in [2.24, 2.45) is 0 Å². The molecule has 0 aliphatic carbocycles. The van der Waals surface area contributed by atoms with Gasteiger partial charge in [0.2, 0.25) is 0 Å². The molecule has 0 fully saturated rings. The number of fused-ring (bicyclic) bond motifs is 3. The van der Waals surface area contributed by atoms with Crippen molar-refractivity contribution in [1.29, 1.82) is 0 Å². The van der Waals surface area contributed by atoms with Crippen LogP contribution < -0.4 is 10.3 Å². The molecule has 28 heavy (non-hydrogen) atoms. The molecule has 0 amide bonds. The summed E-state index contributed by atoms with van der Waals surface area (Å²) >= 11 is 0. The second-order valence-electron chi connectivity index (χ2n) is 5.87. The third-order valence-electron chi connectivity index (χ3n) is 4.06. The van der Waals surface area contributed by atoms with E-state index in [2.05, 4.69) is 26.8 Å². The Labute approximate surface area is 159 Å². The van der Waals surface area contributed by atoms with E-state index in [1.165, 1.54) is 6.20 Å². The predicted molar refractivity (Wildman–Crippen MR) is 104 cm³/mol. The lowest BCUT2D eigenvalue weighted by Crippen LogP contribution is -2.10. The van der Waals surface area contributed by atoms with Crippen molar-refractivity contribution in [2.75, 3.05) is 6.61 Å². The van der Waals surface area contributed by atoms with Crippen molar-refractivity contribution in [1.82, 2.24) is 15.0 Å². The van der Waals surface area contributed by atoms with Crippen molar-refractivity contribution in [3.8, 4) is 17.6 Å². The summed E-state index contributed by atoms with van der Waals surface area (Å²) in [7, 11) is 0. The zero-order valence-corrected chi connectivity index (χ0v) is 14.9. The van der Waals surface area contributed by atoms with Crippen LogP contribution in [0.25, 0.3) is 21.8 Å². The normalized spacial score (nSPS) is 10.5. The molecule has 0 unspecified atom stereocenters. The molecule has 0 radical (unpaired) electrons. The maximum absolute atomic E-state index is 12.3. The lowest BCUT2D eigenvalue weighted by atomic mass is 10.1. The second kappa shape index (κ2) is 7.29. The molecular weight excluding hydrogens is 358 g/mol. The summed E-state index contributed by atoms with van der Waals surface area (Å²) in [6.45, 7) is 1.87. The molecule has 4 aromatic rings. The third-order valence-corrected chi connectivity index (χ3v) is 4.06. The number of carbonyl (C=O) groups is 1. The molecule has 1 aromatic carbocycles. The predicted octanol–water partition coefficient (Wildman–Crippen LogP) is 3.34. The standard InChI is InChI=1S/C21H15N3O4/c1-2-27-21(26)28-17-12-23-19-18(17)15-11-13(7-9-16(15)24-20(19)25)6-8-14-5-3-4-10-22-14/h3-5,7,9-12,23H,2H2,1H3,(H,24,25). The van der Waals surface area contributed by atoms with Crippen LogP contribution in [0.3, 0.4) is 0 Å². The van der Waals surface area contributed by atoms with E-state index in [4.69, 9.17) is 9.47 Å². The van der Waals surface area contributed by atoms with Crippen molar-refractivity contribution in [2.45, 2.75) is 6.92 Å². The van der Waals surface area contributed by atoms with Gasteiger partial charge >= 0.3 is 6.16 Å². The number of hydrogen-bond acceptors (Lipinski definition) is 5. The first-order chi connectivity index (χ1) is 13.7. The molecule has 0 saturated carbocycles. The number of pyridine rings is 2. The average molecular weight is 373 g/mol. The minimum Gasteiger partial charge on any atom is -0.434 e. The number of aromatic nitrogens is 3. The number of hydrogen-bond donors (Lipinski definition) is 2. The van der Waals surface area contributed by atoms with Gasteiger partial charge in [-0.3, -0.25) is 4.79 Å². The average Bonchev–Trinajstić information content (AvgIpc) is 3.12. The lowest BCUT2D eigenvalue weighted by molar-refractivity contribution is 0.105. The fraction of sp³-hybridized carbons (Fsp3) is 0.0952. The van der Waals surface area contributed by atoms with Crippen LogP contribution in [0.5, 0.6) is 5.75 Å². The number of ether oxygens (including phenoxy) is 2. The number of carbonyl (C=O) groups excluding carboxylic acids is 1. The van der Waals surface area contributed by atoms with Crippen LogP contribution in [0.2, 0.25) is 0 Å². The zero-order chi connectivity index (χ0) is 19.5. The van der Waals surface area contributed by atoms with E-state index in [0.29, 0.717) is 27.5 Å². The molecule has 0 spiro atoms. The Morgan fingerprint density at radius 2 is 2.11 bits per heavy atom. The molecule has 0 atom stereocenters. The van der Waals surface area contributed by atoms with Crippen LogP contribution in [-0.4, -0.2) is 27.7 Å². The summed E-state index contributed by atoms with van der Waals surface area (Å²) in [4.78, 5) is 33.9. The van der Waals surface area contributed by atoms with Gasteiger partial charge in [0.25, 0.3) is 5.56 Å². The fourth-order valence-corrected chi connectivity index (χ4v) is 2.86. The van der Waals surface area contributed by atoms with Gasteiger partial charge < -0.3 is 19.4 Å². The highest BCUT2D eigenvalue weighted by molar-refractivity contribution is 6.08. The minimum absolute atomic E-state index is 0.190. The van der Waals surface area contributed by atoms with Crippen LogP contribution >= 0.6 is 0 Å². The van der Waals surface area contributed by atoms with Gasteiger partial charge in [-0.25, -0.2) is 9.78 Å². The Morgan fingerprint density at radius 3 is 2.89 bits per heavy atom. The van der Waals surface area contributed by atoms with Crippen LogP contribution in [0, 0.1) is 11.8 Å². The zero-order valence-electron chi connectivity index (χ0n) is 14.9. The monoisotopic (exact) mass is 373 g/mol. The SMILES string of the molecule is CCOC(=O)Oc1c[nH]c2c(=O)[nH]c3ccc(C#Cc4ccccn4)cc3c12. The molecule has 3 heterocycles. The molecule has 0 bridgehead atoms. The fourth-order valence-electron chi connectivity index (χ4n) is 2.86. The molecule has 0 saturated heterocycles. The summed E-state index contributed by atoms with van der Waals surface area (Å²) in [6, 6.07) is 10.9. The van der Waals surface area contributed by atoms with Crippen LogP contribution in [0.4, 0.5) is 4.79 Å². The van der Waals surface area contributed by atoms with Gasteiger partial charge in [0.15, 0.2) is 5.75 Å². The number of nitrogens with zero attached hydrogens (tertiary/aromatic N) is 1. The lowest BCUT2D eigenvalue weighted by Gasteiger charge is -2.05. The van der Waals surface area contributed by atoms with E-state index in [9.17, 15) is 9.59 Å². The van der Waals surface area contributed by atoms with Gasteiger partial charge in [0.05, 0.1) is 12.0 Å². The van der Waals surface area contributed by atoms with Crippen LogP contribution in [0.15, 0.2) is 53.6 Å². The number of aromatic amines is 2. The molecule has 138 valence electrons. The largest absolute Gasteiger partial charge is 0.513 e. The van der Waals surface area contributed by atoms with E-state index < -0.39 is 6.16 Å². The summed E-state index contributed by atoms with van der Waals surface area (Å²) < 4.78 is 10.1. The van der Waals surface area contributed by atoms with Crippen molar-refractivity contribution in [3.05, 3.63) is 70.4 Å². The molecule has 7 nitrogen and oxygen atoms in total. The summed E-state index contributed by atoms with van der Waals surface area (Å²) in [5.41, 5.74) is 1.99. The Bertz CT molecular complexity index is 1290. The molecular formula is C21H15N3O4. The van der Waals surface area contributed by atoms with Gasteiger partial charge in [-0.1, -0.05) is 12.0 Å². The Balaban J connectivity index is 1.85. The maximum Gasteiger partial charge on any atom is 0.513 e. The molecule has 0 aliphatic heterocycles. The first-order valence-corrected chi connectivity index (χ1v) is 8.60. The van der Waals surface area contributed by atoms with E-state index in [1.54, 1.807) is 25.3 Å². The number of nitrogens with one attached hydrogen (secondary N) is 2. The quantitative estimate of drug-likeness (QED) is 0.415. The summed E-state index contributed by atoms with van der Waals surface area (Å²) in [5, 5.41) is 1.19. The van der Waals surface area contributed by atoms with E-state index in [1.807, 2.05) is 24.3 Å². The highest BCUT2D eigenvalue weighted by atomic mass is 16.7. The Hall–Kier alpha value is -4.05. The first-order valence-electron chi connectivity index (χ1n) is 8.60. The van der Waals surface area contributed by atoms with Gasteiger partial charge in [-0.2, -0.15) is 0 Å². The maximum atomic E-state index is 12.3. The number of H-pyrrole nitrogens is 2. The molecule has 3 aromatic heterocycles. The van der Waals surface area contributed by atoms with E-state index in [0.717, 1.165) is 5.56 Å². The Morgan fingerprint density at radius 1 is 1.21 bits per heavy atom. The topological polar surface area (TPSA) is 97.1 Å². The number of rotatable bonds is 2. The van der Waals surface area contributed by atoms with Gasteiger partial charge in [-0.05, 0) is 43.2 Å². The van der Waals surface area contributed by atoms with Gasteiger partial charge in [-0.15, -0.1) is 0 Å². The minimum atomic E-state index is -0.831. The second-order valence-corrected chi connectivity index (χ2v) is 5.87. The van der Waals surface area contributed by atoms with Crippen LogP contribution in [0.1, 0.15) is 18.2 Å². The van der Waals surface area contributed by atoms with Crippen molar-refractivity contribution >= 4 is 28.0 Å². The molecule has 2 N–H and O–H groups in total. The molecule has 4 rings (SSSR count). The Kier molecular flexibility index (Phi) is 4.52.